The van der Waals surface area contributed by atoms with Crippen molar-refractivity contribution in [1.29, 1.82) is 0 Å². The topological polar surface area (TPSA) is 58.2 Å². The maximum atomic E-state index is 13.2. The Kier molecular flexibility index (Phi) is 5.20. The zero-order valence-corrected chi connectivity index (χ0v) is 14.0. The van der Waals surface area contributed by atoms with E-state index < -0.39 is 0 Å². The Balaban J connectivity index is 1.64. The number of hydrogen-bond donors (Lipinski definition) is 2. The zero-order valence-electron chi connectivity index (χ0n) is 13.2. The van der Waals surface area contributed by atoms with Gasteiger partial charge < -0.3 is 10.6 Å². The number of rotatable bonds is 5. The maximum absolute atomic E-state index is 13.2. The predicted molar refractivity (Wildman–Crippen MR) is 96.3 cm³/mol. The van der Waals surface area contributed by atoms with Gasteiger partial charge in [-0.25, -0.2) is 4.39 Å². The van der Waals surface area contributed by atoms with Crippen LogP contribution in [0.4, 0.5) is 10.1 Å². The van der Waals surface area contributed by atoms with E-state index in [1.54, 1.807) is 48.5 Å². The molecule has 2 amide bonds. The SMILES string of the molecule is O=C(NCc1cccc(F)c1)c1cccc(NC(=O)c2cccs2)c1. The standard InChI is InChI=1S/C19H15FN2O2S/c20-15-6-1-4-13(10-15)12-21-18(23)14-5-2-7-16(11-14)22-19(24)17-8-3-9-25-17/h1-11H,12H2,(H,21,23)(H,22,24). The Hall–Kier alpha value is -2.99. The van der Waals surface area contributed by atoms with Gasteiger partial charge in [0.2, 0.25) is 0 Å². The second kappa shape index (κ2) is 7.72. The molecule has 0 unspecified atom stereocenters. The minimum atomic E-state index is -0.343. The first-order valence-corrected chi connectivity index (χ1v) is 8.47. The first kappa shape index (κ1) is 16.9. The summed E-state index contributed by atoms with van der Waals surface area (Å²) >= 11 is 1.35. The smallest absolute Gasteiger partial charge is 0.265 e. The first-order valence-electron chi connectivity index (χ1n) is 7.59. The van der Waals surface area contributed by atoms with Crippen molar-refractivity contribution < 1.29 is 14.0 Å². The number of benzene rings is 2. The third kappa shape index (κ3) is 4.51. The molecular weight excluding hydrogens is 339 g/mol. The molecule has 0 radical (unpaired) electrons. The summed E-state index contributed by atoms with van der Waals surface area (Å²) in [6.45, 7) is 0.225. The van der Waals surface area contributed by atoms with E-state index in [2.05, 4.69) is 10.6 Å². The van der Waals surface area contributed by atoms with E-state index in [-0.39, 0.29) is 24.2 Å². The van der Waals surface area contributed by atoms with Gasteiger partial charge in [0.25, 0.3) is 11.8 Å². The summed E-state index contributed by atoms with van der Waals surface area (Å²) in [5.74, 6) is -0.853. The molecule has 2 N–H and O–H groups in total. The molecule has 0 fully saturated rings. The molecule has 3 aromatic rings. The van der Waals surface area contributed by atoms with Gasteiger partial charge in [-0.05, 0) is 47.3 Å². The van der Waals surface area contributed by atoms with Crippen LogP contribution < -0.4 is 10.6 Å². The van der Waals surface area contributed by atoms with Crippen molar-refractivity contribution in [2.75, 3.05) is 5.32 Å². The molecule has 1 heterocycles. The Morgan fingerprint density at radius 1 is 0.960 bits per heavy atom. The van der Waals surface area contributed by atoms with Crippen molar-refractivity contribution >= 4 is 28.8 Å². The van der Waals surface area contributed by atoms with Gasteiger partial charge in [-0.3, -0.25) is 9.59 Å². The summed E-state index contributed by atoms with van der Waals surface area (Å²) in [7, 11) is 0. The highest BCUT2D eigenvalue weighted by Gasteiger charge is 2.10. The van der Waals surface area contributed by atoms with Crippen molar-refractivity contribution in [2.45, 2.75) is 6.54 Å². The van der Waals surface area contributed by atoms with Gasteiger partial charge in [0.1, 0.15) is 5.82 Å². The summed E-state index contributed by atoms with van der Waals surface area (Å²) in [5.41, 5.74) is 1.63. The molecule has 3 rings (SSSR count). The number of hydrogen-bond acceptors (Lipinski definition) is 3. The van der Waals surface area contributed by atoms with Gasteiger partial charge in [0, 0.05) is 17.8 Å². The van der Waals surface area contributed by atoms with Crippen LogP contribution in [0.15, 0.2) is 66.0 Å². The lowest BCUT2D eigenvalue weighted by molar-refractivity contribution is 0.0949. The summed E-state index contributed by atoms with van der Waals surface area (Å²) in [6, 6.07) is 16.3. The molecule has 126 valence electrons. The molecule has 2 aromatic carbocycles. The van der Waals surface area contributed by atoms with Gasteiger partial charge in [-0.15, -0.1) is 11.3 Å². The van der Waals surface area contributed by atoms with E-state index >= 15 is 0 Å². The summed E-state index contributed by atoms with van der Waals surface area (Å²) in [5, 5.41) is 7.32. The number of halogens is 1. The fraction of sp³-hybridized carbons (Fsp3) is 0.0526. The summed E-state index contributed by atoms with van der Waals surface area (Å²) in [4.78, 5) is 24.9. The normalized spacial score (nSPS) is 10.3. The van der Waals surface area contributed by atoms with Crippen LogP contribution in [0.5, 0.6) is 0 Å². The van der Waals surface area contributed by atoms with E-state index in [0.717, 1.165) is 0 Å². The van der Waals surface area contributed by atoms with Crippen molar-refractivity contribution in [1.82, 2.24) is 5.32 Å². The van der Waals surface area contributed by atoms with Gasteiger partial charge in [0.15, 0.2) is 0 Å². The molecular formula is C19H15FN2O2S. The highest BCUT2D eigenvalue weighted by atomic mass is 32.1. The third-order valence-electron chi connectivity index (χ3n) is 3.47. The molecule has 0 spiro atoms. The Bertz CT molecular complexity index is 894. The number of carbonyl (C=O) groups excluding carboxylic acids is 2. The monoisotopic (exact) mass is 354 g/mol. The molecule has 0 aliphatic heterocycles. The number of thiophene rings is 1. The van der Waals surface area contributed by atoms with Crippen LogP contribution in [0.1, 0.15) is 25.6 Å². The van der Waals surface area contributed by atoms with Crippen LogP contribution in [0.3, 0.4) is 0 Å². The number of amides is 2. The Morgan fingerprint density at radius 2 is 1.80 bits per heavy atom. The second-order valence-corrected chi connectivity index (χ2v) is 6.27. The van der Waals surface area contributed by atoms with Gasteiger partial charge in [-0.1, -0.05) is 24.3 Å². The fourth-order valence-corrected chi connectivity index (χ4v) is 2.89. The first-order chi connectivity index (χ1) is 12.1. The van der Waals surface area contributed by atoms with Crippen molar-refractivity contribution in [3.05, 3.63) is 87.9 Å². The summed E-state index contributed by atoms with van der Waals surface area (Å²) < 4.78 is 13.2. The van der Waals surface area contributed by atoms with Crippen LogP contribution in [0.2, 0.25) is 0 Å². The van der Waals surface area contributed by atoms with Crippen LogP contribution in [-0.4, -0.2) is 11.8 Å². The predicted octanol–water partition coefficient (Wildman–Crippen LogP) is 4.07. The minimum absolute atomic E-state index is 0.215. The minimum Gasteiger partial charge on any atom is -0.348 e. The Labute approximate surface area is 148 Å². The Morgan fingerprint density at radius 3 is 2.56 bits per heavy atom. The molecule has 25 heavy (non-hydrogen) atoms. The van der Waals surface area contributed by atoms with E-state index in [1.165, 1.54) is 23.5 Å². The number of nitrogens with one attached hydrogen (secondary N) is 2. The number of carbonyl (C=O) groups is 2. The lowest BCUT2D eigenvalue weighted by atomic mass is 10.1. The molecule has 0 aliphatic carbocycles. The fourth-order valence-electron chi connectivity index (χ4n) is 2.27. The maximum Gasteiger partial charge on any atom is 0.265 e. The lowest BCUT2D eigenvalue weighted by Crippen LogP contribution is -2.23. The molecule has 0 atom stereocenters. The lowest BCUT2D eigenvalue weighted by Gasteiger charge is -2.08. The largest absolute Gasteiger partial charge is 0.348 e. The molecule has 0 saturated carbocycles. The molecule has 0 aliphatic rings. The van der Waals surface area contributed by atoms with E-state index in [1.807, 2.05) is 5.38 Å². The highest BCUT2D eigenvalue weighted by Crippen LogP contribution is 2.15. The molecule has 1 aromatic heterocycles. The molecule has 0 saturated heterocycles. The van der Waals surface area contributed by atoms with Crippen molar-refractivity contribution in [2.24, 2.45) is 0 Å². The van der Waals surface area contributed by atoms with Crippen molar-refractivity contribution in [3.63, 3.8) is 0 Å². The van der Waals surface area contributed by atoms with E-state index in [9.17, 15) is 14.0 Å². The van der Waals surface area contributed by atoms with Gasteiger partial charge in [0.05, 0.1) is 4.88 Å². The average Bonchev–Trinajstić information content (AvgIpc) is 3.15. The zero-order chi connectivity index (χ0) is 17.6. The average molecular weight is 354 g/mol. The molecule has 0 bridgehead atoms. The van der Waals surface area contributed by atoms with Crippen LogP contribution >= 0.6 is 11.3 Å². The molecule has 6 heteroatoms. The third-order valence-corrected chi connectivity index (χ3v) is 4.34. The number of anilines is 1. The second-order valence-electron chi connectivity index (χ2n) is 5.32. The van der Waals surface area contributed by atoms with Crippen LogP contribution in [0.25, 0.3) is 0 Å². The highest BCUT2D eigenvalue weighted by molar-refractivity contribution is 7.12. The van der Waals surface area contributed by atoms with Gasteiger partial charge in [-0.2, -0.15) is 0 Å². The molecule has 4 nitrogen and oxygen atoms in total. The summed E-state index contributed by atoms with van der Waals surface area (Å²) in [6.07, 6.45) is 0. The van der Waals surface area contributed by atoms with Crippen LogP contribution in [-0.2, 0) is 6.54 Å². The van der Waals surface area contributed by atoms with E-state index in [4.69, 9.17) is 0 Å². The van der Waals surface area contributed by atoms with E-state index in [0.29, 0.717) is 21.7 Å². The van der Waals surface area contributed by atoms with Gasteiger partial charge >= 0.3 is 0 Å². The quantitative estimate of drug-likeness (QED) is 0.726. The van der Waals surface area contributed by atoms with Crippen LogP contribution in [0, 0.1) is 5.82 Å². The van der Waals surface area contributed by atoms with Crippen molar-refractivity contribution in [3.8, 4) is 0 Å².